The molecule has 0 aliphatic carbocycles. The third-order valence-electron chi connectivity index (χ3n) is 4.60. The van der Waals surface area contributed by atoms with Gasteiger partial charge in [-0.25, -0.2) is 4.39 Å². The molecule has 5 heteroatoms. The molecule has 29 heavy (non-hydrogen) atoms. The minimum atomic E-state index is -0.292. The monoisotopic (exact) mass is 390 g/mol. The summed E-state index contributed by atoms with van der Waals surface area (Å²) >= 11 is 0. The molecule has 0 radical (unpaired) electrons. The maximum absolute atomic E-state index is 13.0. The maximum atomic E-state index is 13.0. The van der Waals surface area contributed by atoms with Crippen LogP contribution in [0, 0.1) is 19.7 Å². The van der Waals surface area contributed by atoms with Gasteiger partial charge < -0.3 is 13.9 Å². The van der Waals surface area contributed by atoms with E-state index in [1.54, 1.807) is 30.3 Å². The number of hydrogen-bond donors (Lipinski definition) is 0. The summed E-state index contributed by atoms with van der Waals surface area (Å²) in [5, 5.41) is 0.405. The Morgan fingerprint density at radius 1 is 0.931 bits per heavy atom. The van der Waals surface area contributed by atoms with Gasteiger partial charge in [0.05, 0.1) is 5.39 Å². The first-order valence-corrected chi connectivity index (χ1v) is 9.17. The lowest BCUT2D eigenvalue weighted by Crippen LogP contribution is -2.05. The predicted octanol–water partition coefficient (Wildman–Crippen LogP) is 5.92. The van der Waals surface area contributed by atoms with E-state index in [9.17, 15) is 9.18 Å². The van der Waals surface area contributed by atoms with Crippen molar-refractivity contribution in [3.8, 4) is 17.2 Å². The first-order valence-electron chi connectivity index (χ1n) is 9.17. The van der Waals surface area contributed by atoms with Gasteiger partial charge in [0.15, 0.2) is 0 Å². The zero-order valence-corrected chi connectivity index (χ0v) is 16.1. The molecule has 0 fully saturated rings. The average molecular weight is 390 g/mol. The van der Waals surface area contributed by atoms with Crippen molar-refractivity contribution in [2.45, 2.75) is 20.5 Å². The molecule has 0 atom stereocenters. The molecule has 0 aliphatic rings. The van der Waals surface area contributed by atoms with Crippen LogP contribution in [0.5, 0.6) is 17.2 Å². The fraction of sp³-hybridized carbons (Fsp3) is 0.125. The summed E-state index contributed by atoms with van der Waals surface area (Å²) in [6.07, 6.45) is 1.32. The van der Waals surface area contributed by atoms with Crippen molar-refractivity contribution in [1.29, 1.82) is 0 Å². The van der Waals surface area contributed by atoms with E-state index in [1.165, 1.54) is 18.4 Å². The van der Waals surface area contributed by atoms with Gasteiger partial charge >= 0.3 is 0 Å². The van der Waals surface area contributed by atoms with Gasteiger partial charge in [-0.3, -0.25) is 4.79 Å². The molecular weight excluding hydrogens is 371 g/mol. The van der Waals surface area contributed by atoms with Crippen molar-refractivity contribution in [1.82, 2.24) is 0 Å². The number of benzene rings is 3. The van der Waals surface area contributed by atoms with Crippen LogP contribution in [-0.2, 0) is 6.61 Å². The van der Waals surface area contributed by atoms with Crippen LogP contribution < -0.4 is 14.9 Å². The highest BCUT2D eigenvalue weighted by Gasteiger charge is 2.12. The lowest BCUT2D eigenvalue weighted by molar-refractivity contribution is 0.306. The van der Waals surface area contributed by atoms with Crippen LogP contribution in [-0.4, -0.2) is 0 Å². The quantitative estimate of drug-likeness (QED) is 0.424. The molecule has 1 heterocycles. The molecule has 0 spiro atoms. The zero-order valence-electron chi connectivity index (χ0n) is 16.1. The Morgan fingerprint density at radius 3 is 2.52 bits per heavy atom. The van der Waals surface area contributed by atoms with E-state index in [-0.39, 0.29) is 23.6 Å². The van der Waals surface area contributed by atoms with E-state index >= 15 is 0 Å². The van der Waals surface area contributed by atoms with Gasteiger partial charge in [-0.15, -0.1) is 0 Å². The van der Waals surface area contributed by atoms with E-state index in [1.807, 2.05) is 32.0 Å². The molecule has 0 N–H and O–H groups in total. The van der Waals surface area contributed by atoms with E-state index in [2.05, 4.69) is 0 Å². The number of fused-ring (bicyclic) bond motifs is 1. The Hall–Kier alpha value is -3.60. The van der Waals surface area contributed by atoms with Crippen molar-refractivity contribution < 1.29 is 18.3 Å². The number of aryl methyl sites for hydroxylation is 2. The highest BCUT2D eigenvalue weighted by Crippen LogP contribution is 2.27. The van der Waals surface area contributed by atoms with Gasteiger partial charge in [0.25, 0.3) is 0 Å². The van der Waals surface area contributed by atoms with E-state index in [0.717, 1.165) is 16.7 Å². The highest BCUT2D eigenvalue weighted by molar-refractivity contribution is 5.79. The molecule has 1 aromatic heterocycles. The summed E-state index contributed by atoms with van der Waals surface area (Å²) in [6.45, 7) is 4.16. The average Bonchev–Trinajstić information content (AvgIpc) is 2.72. The second-order valence-electron chi connectivity index (χ2n) is 6.87. The number of ether oxygens (including phenoxy) is 2. The SMILES string of the molecule is Cc1ccc(C)c(Oc2coc3cc(OCc4ccc(F)cc4)ccc3c2=O)c1. The first-order chi connectivity index (χ1) is 14.0. The molecule has 0 saturated heterocycles. The van der Waals surface area contributed by atoms with Gasteiger partial charge in [0.2, 0.25) is 11.2 Å². The van der Waals surface area contributed by atoms with Crippen LogP contribution in [0.3, 0.4) is 0 Å². The third-order valence-corrected chi connectivity index (χ3v) is 4.60. The Balaban J connectivity index is 1.57. The molecule has 4 rings (SSSR count). The molecule has 146 valence electrons. The summed E-state index contributed by atoms with van der Waals surface area (Å²) < 4.78 is 30.1. The Labute approximate surface area is 167 Å². The Kier molecular flexibility index (Phi) is 5.04. The Bertz CT molecular complexity index is 1230. The van der Waals surface area contributed by atoms with Gasteiger partial charge in [0.1, 0.15) is 35.8 Å². The van der Waals surface area contributed by atoms with Crippen LogP contribution in [0.15, 0.2) is 76.1 Å². The minimum absolute atomic E-state index is 0.131. The number of hydrogen-bond acceptors (Lipinski definition) is 4. The van der Waals surface area contributed by atoms with Crippen LogP contribution in [0.25, 0.3) is 11.0 Å². The van der Waals surface area contributed by atoms with Gasteiger partial charge in [-0.1, -0.05) is 24.3 Å². The molecule has 0 bridgehead atoms. The van der Waals surface area contributed by atoms with Gasteiger partial charge in [-0.05, 0) is 60.9 Å². The first kappa shape index (κ1) is 18.7. The molecule has 0 aliphatic heterocycles. The van der Waals surface area contributed by atoms with Crippen LogP contribution in [0.2, 0.25) is 0 Å². The molecule has 0 amide bonds. The van der Waals surface area contributed by atoms with Crippen molar-refractivity contribution in [2.24, 2.45) is 0 Å². The smallest absolute Gasteiger partial charge is 0.235 e. The topological polar surface area (TPSA) is 48.7 Å². The van der Waals surface area contributed by atoms with Crippen molar-refractivity contribution in [2.75, 3.05) is 0 Å². The third kappa shape index (κ3) is 4.14. The van der Waals surface area contributed by atoms with Gasteiger partial charge in [-0.2, -0.15) is 0 Å². The van der Waals surface area contributed by atoms with Crippen LogP contribution in [0.1, 0.15) is 16.7 Å². The highest BCUT2D eigenvalue weighted by atomic mass is 19.1. The summed E-state index contributed by atoms with van der Waals surface area (Å²) in [5.74, 6) is 1.01. The summed E-state index contributed by atoms with van der Waals surface area (Å²) in [5.41, 5.74) is 2.96. The van der Waals surface area contributed by atoms with E-state index < -0.39 is 0 Å². The molecule has 4 nitrogen and oxygen atoms in total. The van der Waals surface area contributed by atoms with Gasteiger partial charge in [0, 0.05) is 6.07 Å². The van der Waals surface area contributed by atoms with Crippen LogP contribution in [0.4, 0.5) is 4.39 Å². The molecule has 0 saturated carbocycles. The minimum Gasteiger partial charge on any atom is -0.489 e. The lowest BCUT2D eigenvalue weighted by Gasteiger charge is -2.10. The fourth-order valence-corrected chi connectivity index (χ4v) is 2.93. The number of halogens is 1. The maximum Gasteiger partial charge on any atom is 0.235 e. The lowest BCUT2D eigenvalue weighted by atomic mass is 10.1. The number of rotatable bonds is 5. The second kappa shape index (κ2) is 7.80. The normalized spacial score (nSPS) is 10.9. The summed E-state index contributed by atoms with van der Waals surface area (Å²) in [6, 6.07) is 16.9. The Morgan fingerprint density at radius 2 is 1.72 bits per heavy atom. The molecule has 3 aromatic carbocycles. The summed E-state index contributed by atoms with van der Waals surface area (Å²) in [7, 11) is 0. The molecule has 0 unspecified atom stereocenters. The van der Waals surface area contributed by atoms with Crippen molar-refractivity contribution in [3.63, 3.8) is 0 Å². The molecule has 4 aromatic rings. The van der Waals surface area contributed by atoms with E-state index in [4.69, 9.17) is 13.9 Å². The molecular formula is C24H19FO4. The van der Waals surface area contributed by atoms with Crippen molar-refractivity contribution >= 4 is 11.0 Å². The predicted molar refractivity (Wildman–Crippen MR) is 109 cm³/mol. The zero-order chi connectivity index (χ0) is 20.4. The van der Waals surface area contributed by atoms with E-state index in [0.29, 0.717) is 22.5 Å². The summed E-state index contributed by atoms with van der Waals surface area (Å²) in [4.78, 5) is 12.8. The standard InChI is InChI=1S/C24H19FO4/c1-15-3-4-16(2)21(11-15)29-23-14-28-22-12-19(9-10-20(22)24(23)26)27-13-17-5-7-18(25)8-6-17/h3-12,14H,13H2,1-2H3. The van der Waals surface area contributed by atoms with Crippen LogP contribution >= 0.6 is 0 Å². The second-order valence-corrected chi connectivity index (χ2v) is 6.87. The van der Waals surface area contributed by atoms with Crippen molar-refractivity contribution in [3.05, 3.63) is 99.7 Å². The fourth-order valence-electron chi connectivity index (χ4n) is 2.93. The largest absolute Gasteiger partial charge is 0.489 e.